The summed E-state index contributed by atoms with van der Waals surface area (Å²) >= 11 is 0. The highest BCUT2D eigenvalue weighted by molar-refractivity contribution is 5.43. The van der Waals surface area contributed by atoms with E-state index in [4.69, 9.17) is 0 Å². The molecule has 0 N–H and O–H groups in total. The van der Waals surface area contributed by atoms with E-state index in [-0.39, 0.29) is 0 Å². The first kappa shape index (κ1) is 16.4. The van der Waals surface area contributed by atoms with E-state index in [0.29, 0.717) is 6.04 Å². The number of aryl methyl sites for hydroxylation is 1. The van der Waals surface area contributed by atoms with Gasteiger partial charge in [0.15, 0.2) is 5.82 Å². The summed E-state index contributed by atoms with van der Waals surface area (Å²) in [5.74, 6) is 1.67. The molecule has 1 fully saturated rings. The molecule has 0 amide bonds. The van der Waals surface area contributed by atoms with Gasteiger partial charge in [-0.3, -0.25) is 0 Å². The highest BCUT2D eigenvalue weighted by atomic mass is 15.6. The first-order chi connectivity index (χ1) is 12.7. The topological polar surface area (TPSA) is 75.9 Å². The zero-order chi connectivity index (χ0) is 17.9. The zero-order valence-corrected chi connectivity index (χ0v) is 15.0. The number of anilines is 2. The molecule has 1 unspecified atom stereocenters. The summed E-state index contributed by atoms with van der Waals surface area (Å²) in [5.41, 5.74) is 2.17. The van der Waals surface area contributed by atoms with Crippen LogP contribution in [0.15, 0.2) is 42.6 Å². The molecule has 0 spiro atoms. The molecule has 1 aromatic carbocycles. The number of aromatic nitrogens is 6. The molecule has 26 heavy (non-hydrogen) atoms. The lowest BCUT2D eigenvalue weighted by Crippen LogP contribution is -2.40. The molecule has 1 atom stereocenters. The molecule has 2 aromatic heterocycles. The summed E-state index contributed by atoms with van der Waals surface area (Å²) in [6.07, 6.45) is 3.97. The average molecular weight is 350 g/mol. The molecule has 1 aliphatic rings. The number of likely N-dealkylation sites (N-methyl/N-ethyl adjacent to an activating group) is 1. The third-order valence-electron chi connectivity index (χ3n) is 4.79. The third kappa shape index (κ3) is 3.22. The van der Waals surface area contributed by atoms with Gasteiger partial charge < -0.3 is 9.80 Å². The maximum absolute atomic E-state index is 4.27. The van der Waals surface area contributed by atoms with E-state index in [0.717, 1.165) is 43.4 Å². The van der Waals surface area contributed by atoms with E-state index in [9.17, 15) is 0 Å². The summed E-state index contributed by atoms with van der Waals surface area (Å²) in [6, 6.07) is 12.5. The molecule has 1 aliphatic heterocycles. The van der Waals surface area contributed by atoms with Crippen molar-refractivity contribution in [1.29, 1.82) is 0 Å². The van der Waals surface area contributed by atoms with Crippen LogP contribution >= 0.6 is 0 Å². The largest absolute Gasteiger partial charge is 0.350 e. The molecule has 134 valence electrons. The van der Waals surface area contributed by atoms with Crippen molar-refractivity contribution < 1.29 is 0 Å². The van der Waals surface area contributed by atoms with Crippen LogP contribution in [0.5, 0.6) is 0 Å². The predicted octanol–water partition coefficient (Wildman–Crippen LogP) is 1.87. The number of tetrazole rings is 1. The number of hydrogen-bond acceptors (Lipinski definition) is 7. The summed E-state index contributed by atoms with van der Waals surface area (Å²) in [5, 5.41) is 20.6. The lowest BCUT2D eigenvalue weighted by atomic mass is 10.2. The normalized spacial score (nSPS) is 16.8. The van der Waals surface area contributed by atoms with Gasteiger partial charge >= 0.3 is 0 Å². The lowest BCUT2D eigenvalue weighted by molar-refractivity contribution is 0.634. The maximum Gasteiger partial charge on any atom is 0.250 e. The predicted molar refractivity (Wildman–Crippen MR) is 99.6 cm³/mol. The minimum atomic E-state index is 0.361. The highest BCUT2D eigenvalue weighted by Crippen LogP contribution is 2.25. The summed E-state index contributed by atoms with van der Waals surface area (Å²) in [4.78, 5) is 4.43. The van der Waals surface area contributed by atoms with E-state index >= 15 is 0 Å². The van der Waals surface area contributed by atoms with Gasteiger partial charge in [-0.15, -0.1) is 5.10 Å². The Labute approximate surface area is 152 Å². The second-order valence-electron chi connectivity index (χ2n) is 6.68. The molecule has 0 aliphatic carbocycles. The SMILES string of the molecule is Cc1ccc(-n2nnnc2N(C)CC2CCCN2c2cccnn2)cc1. The van der Waals surface area contributed by atoms with E-state index in [2.05, 4.69) is 54.6 Å². The Morgan fingerprint density at radius 1 is 1.15 bits per heavy atom. The Morgan fingerprint density at radius 3 is 2.77 bits per heavy atom. The van der Waals surface area contributed by atoms with Gasteiger partial charge in [0, 0.05) is 32.4 Å². The van der Waals surface area contributed by atoms with Gasteiger partial charge in [-0.2, -0.15) is 9.78 Å². The second kappa shape index (κ2) is 7.07. The number of rotatable bonds is 5. The third-order valence-corrected chi connectivity index (χ3v) is 4.79. The molecule has 0 saturated carbocycles. The summed E-state index contributed by atoms with van der Waals surface area (Å²) in [7, 11) is 2.03. The lowest BCUT2D eigenvalue weighted by Gasteiger charge is -2.29. The van der Waals surface area contributed by atoms with Gasteiger partial charge in [-0.25, -0.2) is 0 Å². The van der Waals surface area contributed by atoms with Gasteiger partial charge in [-0.05, 0) is 54.5 Å². The average Bonchev–Trinajstić information content (AvgIpc) is 3.32. The fraction of sp³-hybridized carbons (Fsp3) is 0.389. The minimum absolute atomic E-state index is 0.361. The first-order valence-corrected chi connectivity index (χ1v) is 8.83. The van der Waals surface area contributed by atoms with E-state index in [1.54, 1.807) is 10.9 Å². The van der Waals surface area contributed by atoms with Crippen LogP contribution in [0.1, 0.15) is 18.4 Å². The van der Waals surface area contributed by atoms with Gasteiger partial charge in [0.2, 0.25) is 5.95 Å². The maximum atomic E-state index is 4.27. The number of nitrogens with zero attached hydrogens (tertiary/aromatic N) is 8. The van der Waals surface area contributed by atoms with Crippen LogP contribution in [-0.2, 0) is 0 Å². The van der Waals surface area contributed by atoms with Gasteiger partial charge in [0.25, 0.3) is 0 Å². The second-order valence-corrected chi connectivity index (χ2v) is 6.68. The fourth-order valence-electron chi connectivity index (χ4n) is 3.44. The fourth-order valence-corrected chi connectivity index (χ4v) is 3.44. The van der Waals surface area contributed by atoms with Crippen molar-refractivity contribution in [3.05, 3.63) is 48.2 Å². The van der Waals surface area contributed by atoms with E-state index in [1.807, 2.05) is 31.3 Å². The quantitative estimate of drug-likeness (QED) is 0.695. The Morgan fingerprint density at radius 2 is 2.00 bits per heavy atom. The molecule has 8 heteroatoms. The molecular weight excluding hydrogens is 328 g/mol. The smallest absolute Gasteiger partial charge is 0.250 e. The molecule has 1 saturated heterocycles. The Kier molecular flexibility index (Phi) is 4.47. The number of benzene rings is 1. The molecule has 3 aromatic rings. The van der Waals surface area contributed by atoms with E-state index < -0.39 is 0 Å². The minimum Gasteiger partial charge on any atom is -0.350 e. The number of hydrogen-bond donors (Lipinski definition) is 0. The van der Waals surface area contributed by atoms with Crippen LogP contribution in [-0.4, -0.2) is 56.6 Å². The first-order valence-electron chi connectivity index (χ1n) is 8.83. The molecule has 0 bridgehead atoms. The van der Waals surface area contributed by atoms with Crippen LogP contribution in [0, 0.1) is 6.92 Å². The van der Waals surface area contributed by atoms with Crippen LogP contribution in [0.2, 0.25) is 0 Å². The van der Waals surface area contributed by atoms with Crippen LogP contribution in [0.25, 0.3) is 5.69 Å². The van der Waals surface area contributed by atoms with Crippen molar-refractivity contribution in [3.8, 4) is 5.69 Å². The Bertz CT molecular complexity index is 845. The van der Waals surface area contributed by atoms with Crippen molar-refractivity contribution in [1.82, 2.24) is 30.4 Å². The van der Waals surface area contributed by atoms with Crippen LogP contribution < -0.4 is 9.80 Å². The molecule has 8 nitrogen and oxygen atoms in total. The summed E-state index contributed by atoms with van der Waals surface area (Å²) < 4.78 is 1.78. The van der Waals surface area contributed by atoms with Crippen molar-refractivity contribution in [3.63, 3.8) is 0 Å². The van der Waals surface area contributed by atoms with Crippen LogP contribution in [0.4, 0.5) is 11.8 Å². The molecule has 4 rings (SSSR count). The van der Waals surface area contributed by atoms with Crippen molar-refractivity contribution in [2.75, 3.05) is 29.9 Å². The monoisotopic (exact) mass is 350 g/mol. The van der Waals surface area contributed by atoms with Gasteiger partial charge in [0.1, 0.15) is 0 Å². The summed E-state index contributed by atoms with van der Waals surface area (Å²) in [6.45, 7) is 3.89. The Balaban J connectivity index is 1.53. The zero-order valence-electron chi connectivity index (χ0n) is 15.0. The van der Waals surface area contributed by atoms with Crippen molar-refractivity contribution in [2.45, 2.75) is 25.8 Å². The van der Waals surface area contributed by atoms with Gasteiger partial charge in [0.05, 0.1) is 5.69 Å². The molecular formula is C18H22N8. The van der Waals surface area contributed by atoms with Crippen molar-refractivity contribution in [2.24, 2.45) is 0 Å². The van der Waals surface area contributed by atoms with Crippen LogP contribution in [0.3, 0.4) is 0 Å². The Hall–Kier alpha value is -3.03. The van der Waals surface area contributed by atoms with E-state index in [1.165, 1.54) is 5.56 Å². The van der Waals surface area contributed by atoms with Crippen molar-refractivity contribution >= 4 is 11.8 Å². The molecule has 3 heterocycles. The molecule has 0 radical (unpaired) electrons. The highest BCUT2D eigenvalue weighted by Gasteiger charge is 2.28. The van der Waals surface area contributed by atoms with Gasteiger partial charge in [-0.1, -0.05) is 22.8 Å². The standard InChI is InChI=1S/C18H22N8/c1-14-7-9-15(10-8-14)26-18(21-22-23-26)24(2)13-16-5-4-12-25(16)17-6-3-11-19-20-17/h3,6-11,16H,4-5,12-13H2,1-2H3.